The van der Waals surface area contributed by atoms with E-state index in [1.165, 1.54) is 19.5 Å². The average molecular weight is 603 g/mol. The fraction of sp³-hybridized carbons (Fsp3) is 0.710. The van der Waals surface area contributed by atoms with Gasteiger partial charge in [0.1, 0.15) is 17.6 Å². The molecule has 0 radical (unpaired) electrons. The van der Waals surface area contributed by atoms with Gasteiger partial charge in [0.05, 0.1) is 12.6 Å². The molecule has 2 aliphatic rings. The number of benzene rings is 1. The lowest BCUT2D eigenvalue weighted by Crippen LogP contribution is -2.47. The quantitative estimate of drug-likeness (QED) is 0.430. The molecule has 2 heterocycles. The highest BCUT2D eigenvalue weighted by Crippen LogP contribution is 2.27. The number of phenols is 1. The second-order valence-corrected chi connectivity index (χ2v) is 12.5. The van der Waals surface area contributed by atoms with E-state index in [1.807, 2.05) is 69.5 Å². The van der Waals surface area contributed by atoms with Crippen LogP contribution in [0.15, 0.2) is 18.2 Å². The molecular weight excluding hydrogens is 546 g/mol. The Hall–Kier alpha value is -2.63. The van der Waals surface area contributed by atoms with Crippen molar-refractivity contribution in [1.29, 1.82) is 0 Å². The minimum atomic E-state index is -1.03. The third-order valence-corrected chi connectivity index (χ3v) is 6.15. The molecule has 1 aromatic carbocycles. The van der Waals surface area contributed by atoms with Crippen LogP contribution in [0.2, 0.25) is 0 Å². The Morgan fingerprint density at radius 3 is 2.10 bits per heavy atom. The molecule has 2 fully saturated rings. The Kier molecular flexibility index (Phi) is 20.1. The molecule has 0 bridgehead atoms. The second-order valence-electron chi connectivity index (χ2n) is 12.5. The zero-order chi connectivity index (χ0) is 33.3. The maximum Gasteiger partial charge on any atom is 0.293 e. The number of hydrogen-bond donors (Lipinski definition) is 3. The number of aromatic hydroxyl groups is 1. The van der Waals surface area contributed by atoms with Crippen LogP contribution in [0.1, 0.15) is 68.7 Å². The molecular formula is C31H56F2N4O5. The summed E-state index contributed by atoms with van der Waals surface area (Å²) in [6.45, 7) is 20.8. The molecule has 11 heteroatoms. The van der Waals surface area contributed by atoms with Gasteiger partial charge in [-0.2, -0.15) is 0 Å². The van der Waals surface area contributed by atoms with E-state index in [0.29, 0.717) is 13.0 Å². The van der Waals surface area contributed by atoms with E-state index in [4.69, 9.17) is 5.11 Å². The standard InChI is InChI=1S/C10H20N2O2.C8H16N2.C6H4F2O.C5H10O2.C2H6/c1-10(2,3)8(7-13)11-9(14)6-12(4)5;1-6-5-9-7-3-4-10(2)8(6)7;7-5-2-1-4(9)3-6(5)8;1-5(2,3)7-4-6;1-2/h7-8H,6H2,1-5H3,(H,11,14);6-9H,3-5H2,1-2H3;1-3,9H;4H,1-3H3;1-2H3/t;6-,7+,8?;;;/m.0.../s1. The molecule has 4 atom stereocenters. The molecule has 2 saturated heterocycles. The zero-order valence-electron chi connectivity index (χ0n) is 27.8. The molecule has 1 amide bonds. The number of phenolic OH excluding ortho intramolecular Hbond substituents is 1. The summed E-state index contributed by atoms with van der Waals surface area (Å²) < 4.78 is 28.6. The number of aldehydes is 1. The van der Waals surface area contributed by atoms with Crippen molar-refractivity contribution in [2.24, 2.45) is 11.3 Å². The topological polar surface area (TPSA) is 111 Å². The van der Waals surface area contributed by atoms with Gasteiger partial charge in [-0.05, 0) is 84.9 Å². The first-order valence-electron chi connectivity index (χ1n) is 14.4. The van der Waals surface area contributed by atoms with Gasteiger partial charge >= 0.3 is 0 Å². The summed E-state index contributed by atoms with van der Waals surface area (Å²) in [4.78, 5) is 36.0. The normalized spacial score (nSPS) is 20.0. The molecule has 42 heavy (non-hydrogen) atoms. The van der Waals surface area contributed by atoms with E-state index in [-0.39, 0.29) is 22.7 Å². The van der Waals surface area contributed by atoms with Gasteiger partial charge < -0.3 is 35.1 Å². The number of likely N-dealkylation sites (N-methyl/N-ethyl adjacent to an activating group) is 2. The van der Waals surface area contributed by atoms with Crippen LogP contribution in [0.25, 0.3) is 0 Å². The highest BCUT2D eigenvalue weighted by molar-refractivity contribution is 5.81. The Labute approximate surface area is 252 Å². The molecule has 9 nitrogen and oxygen atoms in total. The van der Waals surface area contributed by atoms with E-state index >= 15 is 0 Å². The van der Waals surface area contributed by atoms with Crippen LogP contribution >= 0.6 is 0 Å². The van der Waals surface area contributed by atoms with Crippen LogP contribution in [0, 0.1) is 23.0 Å². The Balaban J connectivity index is 0. The number of amides is 1. The van der Waals surface area contributed by atoms with E-state index in [1.54, 1.807) is 4.90 Å². The summed E-state index contributed by atoms with van der Waals surface area (Å²) in [6, 6.07) is 3.88. The Morgan fingerprint density at radius 1 is 1.17 bits per heavy atom. The second kappa shape index (κ2) is 20.3. The fourth-order valence-corrected chi connectivity index (χ4v) is 4.07. The lowest BCUT2D eigenvalue weighted by atomic mass is 9.87. The minimum absolute atomic E-state index is 0.123. The van der Waals surface area contributed by atoms with Gasteiger partial charge in [-0.3, -0.25) is 9.59 Å². The van der Waals surface area contributed by atoms with Crippen molar-refractivity contribution in [2.75, 3.05) is 40.8 Å². The first kappa shape index (κ1) is 41.5. The number of nitrogens with zero attached hydrogens (tertiary/aromatic N) is 2. The van der Waals surface area contributed by atoms with Crippen LogP contribution < -0.4 is 10.6 Å². The predicted molar refractivity (Wildman–Crippen MR) is 164 cm³/mol. The van der Waals surface area contributed by atoms with Crippen molar-refractivity contribution in [3.8, 4) is 5.75 Å². The highest BCUT2D eigenvalue weighted by atomic mass is 19.2. The zero-order valence-corrected chi connectivity index (χ0v) is 27.8. The number of fused-ring (bicyclic) bond motifs is 1. The van der Waals surface area contributed by atoms with Gasteiger partial charge in [0, 0.05) is 18.2 Å². The van der Waals surface area contributed by atoms with Crippen LogP contribution in [-0.4, -0.2) is 98.1 Å². The summed E-state index contributed by atoms with van der Waals surface area (Å²) in [5.74, 6) is -1.52. The maximum absolute atomic E-state index is 12.0. The lowest BCUT2D eigenvalue weighted by molar-refractivity contribution is -0.138. The van der Waals surface area contributed by atoms with Crippen LogP contribution in [0.5, 0.6) is 5.75 Å². The van der Waals surface area contributed by atoms with Crippen molar-refractivity contribution in [3.63, 3.8) is 0 Å². The number of ether oxygens (including phenoxy) is 1. The first-order chi connectivity index (χ1) is 19.3. The lowest BCUT2D eigenvalue weighted by Gasteiger charge is -2.27. The largest absolute Gasteiger partial charge is 0.508 e. The fourth-order valence-electron chi connectivity index (χ4n) is 4.07. The molecule has 1 aromatic rings. The van der Waals surface area contributed by atoms with E-state index < -0.39 is 17.7 Å². The van der Waals surface area contributed by atoms with Gasteiger partial charge in [0.25, 0.3) is 6.47 Å². The Morgan fingerprint density at radius 2 is 1.74 bits per heavy atom. The van der Waals surface area contributed by atoms with Crippen LogP contribution in [0.4, 0.5) is 8.78 Å². The summed E-state index contributed by atoms with van der Waals surface area (Å²) in [5, 5.41) is 14.8. The van der Waals surface area contributed by atoms with Crippen LogP contribution in [0.3, 0.4) is 0 Å². The van der Waals surface area contributed by atoms with Gasteiger partial charge in [0.15, 0.2) is 11.6 Å². The average Bonchev–Trinajstić information content (AvgIpc) is 3.43. The number of hydrogen-bond acceptors (Lipinski definition) is 8. The van der Waals surface area contributed by atoms with E-state index in [9.17, 15) is 23.2 Å². The molecule has 2 unspecified atom stereocenters. The van der Waals surface area contributed by atoms with Gasteiger partial charge in [-0.1, -0.05) is 41.5 Å². The maximum atomic E-state index is 12.0. The molecule has 0 spiro atoms. The van der Waals surface area contributed by atoms with Gasteiger partial charge in [-0.15, -0.1) is 0 Å². The molecule has 0 saturated carbocycles. The van der Waals surface area contributed by atoms with Crippen molar-refractivity contribution in [1.82, 2.24) is 20.4 Å². The number of rotatable bonds is 5. The van der Waals surface area contributed by atoms with Crippen molar-refractivity contribution < 1.29 is 33.0 Å². The summed E-state index contributed by atoms with van der Waals surface area (Å²) in [7, 11) is 5.87. The number of likely N-dealkylation sites (tertiary alicyclic amines) is 1. The number of nitrogens with one attached hydrogen (secondary N) is 2. The van der Waals surface area contributed by atoms with Crippen molar-refractivity contribution in [3.05, 3.63) is 29.8 Å². The SMILES string of the molecule is CC.CC(C)(C)OC=O.CN(C)CC(=O)NC(C=O)C(C)(C)C.C[C@H]1CN[C@@H]2CCN(C)C12.Oc1ccc(F)c(F)c1. The predicted octanol–water partition coefficient (Wildman–Crippen LogP) is 4.23. The summed E-state index contributed by atoms with van der Waals surface area (Å²) in [6.07, 6.45) is 2.14. The monoisotopic (exact) mass is 602 g/mol. The Bertz CT molecular complexity index is 906. The third-order valence-electron chi connectivity index (χ3n) is 6.15. The summed E-state index contributed by atoms with van der Waals surface area (Å²) in [5.41, 5.74) is -0.550. The van der Waals surface area contributed by atoms with Crippen LogP contribution in [-0.2, 0) is 19.1 Å². The molecule has 3 N–H and O–H groups in total. The minimum Gasteiger partial charge on any atom is -0.508 e. The smallest absolute Gasteiger partial charge is 0.293 e. The first-order valence-corrected chi connectivity index (χ1v) is 14.4. The van der Waals surface area contributed by atoms with E-state index in [2.05, 4.69) is 34.2 Å². The van der Waals surface area contributed by atoms with Gasteiger partial charge in [-0.25, -0.2) is 8.78 Å². The summed E-state index contributed by atoms with van der Waals surface area (Å²) >= 11 is 0. The molecule has 3 rings (SSSR count). The highest BCUT2D eigenvalue weighted by Gasteiger charge is 2.39. The molecule has 244 valence electrons. The van der Waals surface area contributed by atoms with Crippen molar-refractivity contribution in [2.45, 2.75) is 92.5 Å². The third kappa shape index (κ3) is 18.0. The molecule has 0 aliphatic carbocycles. The number of carbonyl (C=O) groups is 3. The molecule has 0 aromatic heterocycles. The van der Waals surface area contributed by atoms with E-state index in [0.717, 1.165) is 42.5 Å². The number of halogens is 2. The van der Waals surface area contributed by atoms with Gasteiger partial charge in [0.2, 0.25) is 5.91 Å². The number of carbonyl (C=O) groups excluding carboxylic acids is 3. The van der Waals surface area contributed by atoms with Crippen molar-refractivity contribution >= 4 is 18.7 Å². The molecule has 2 aliphatic heterocycles.